The molecule has 1 aromatic carbocycles. The molecule has 1 amide bonds. The minimum absolute atomic E-state index is 0.0637. The average Bonchev–Trinajstić information content (AvgIpc) is 3.33. The summed E-state index contributed by atoms with van der Waals surface area (Å²) in [6.45, 7) is 1.07. The highest BCUT2D eigenvalue weighted by molar-refractivity contribution is 7.22. The van der Waals surface area contributed by atoms with Gasteiger partial charge in [0.25, 0.3) is 0 Å². The van der Waals surface area contributed by atoms with Crippen LogP contribution in [0.15, 0.2) is 24.3 Å². The van der Waals surface area contributed by atoms with Crippen LogP contribution < -0.4 is 10.6 Å². The second-order valence-corrected chi connectivity index (χ2v) is 8.47. The van der Waals surface area contributed by atoms with E-state index in [9.17, 15) is 4.79 Å². The van der Waals surface area contributed by atoms with Crippen LogP contribution in [0, 0.1) is 11.3 Å². The predicted molar refractivity (Wildman–Crippen MR) is 108 cm³/mol. The van der Waals surface area contributed by atoms with E-state index in [1.54, 1.807) is 16.2 Å². The number of carbonyl (C=O) groups is 1. The number of hydrogen-bond acceptors (Lipinski definition) is 6. The van der Waals surface area contributed by atoms with Crippen molar-refractivity contribution >= 4 is 32.6 Å². The molecule has 7 heteroatoms. The first-order chi connectivity index (χ1) is 13.2. The van der Waals surface area contributed by atoms with Gasteiger partial charge in [0.2, 0.25) is 5.91 Å². The van der Waals surface area contributed by atoms with Gasteiger partial charge < -0.3 is 15.5 Å². The lowest BCUT2D eigenvalue weighted by molar-refractivity contribution is -0.130. The molecule has 1 aliphatic carbocycles. The lowest BCUT2D eigenvalue weighted by Crippen LogP contribution is -2.45. The maximum absolute atomic E-state index is 12.3. The van der Waals surface area contributed by atoms with Crippen molar-refractivity contribution < 1.29 is 4.79 Å². The highest BCUT2D eigenvalue weighted by atomic mass is 32.1. The molecule has 0 radical (unpaired) electrons. The number of carbonyl (C=O) groups excluding carboxylic acids is 1. The number of fused-ring (bicyclic) bond motifs is 1. The summed E-state index contributed by atoms with van der Waals surface area (Å²) in [5.41, 5.74) is 1.05. The number of hydrogen-bond donors (Lipinski definition) is 2. The second-order valence-electron chi connectivity index (χ2n) is 7.43. The van der Waals surface area contributed by atoms with Crippen molar-refractivity contribution in [3.8, 4) is 6.07 Å². The predicted octanol–water partition coefficient (Wildman–Crippen LogP) is 3.12. The zero-order chi connectivity index (χ0) is 18.6. The smallest absolute Gasteiger partial charge is 0.237 e. The van der Waals surface area contributed by atoms with Crippen molar-refractivity contribution in [3.63, 3.8) is 0 Å². The lowest BCUT2D eigenvalue weighted by atomic mass is 9.91. The standard InChI is InChI=1S/C20H25N5OS/c21-12-16-4-3-11-25(16)19(26)13-22-14-7-9-15(10-8-14)23-20-24-17-5-1-2-6-18(17)27-20/h1-2,5-6,14-16,22H,3-4,7-11,13H2,(H,23,24)/t14?,15?,16-/m0/s1. The Morgan fingerprint density at radius 1 is 1.22 bits per heavy atom. The lowest BCUT2D eigenvalue weighted by Gasteiger charge is -2.30. The van der Waals surface area contributed by atoms with E-state index < -0.39 is 0 Å². The van der Waals surface area contributed by atoms with Gasteiger partial charge in [-0.3, -0.25) is 4.79 Å². The first kappa shape index (κ1) is 18.2. The van der Waals surface area contributed by atoms with E-state index in [0.29, 0.717) is 18.6 Å². The number of likely N-dealkylation sites (tertiary alicyclic amines) is 1. The van der Waals surface area contributed by atoms with E-state index in [4.69, 9.17) is 5.26 Å². The molecule has 2 aromatic rings. The molecule has 1 atom stereocenters. The van der Waals surface area contributed by atoms with Crippen LogP contribution in [0.2, 0.25) is 0 Å². The van der Waals surface area contributed by atoms with Gasteiger partial charge >= 0.3 is 0 Å². The Bertz CT molecular complexity index is 803. The molecule has 2 N–H and O–H groups in total. The summed E-state index contributed by atoms with van der Waals surface area (Å²) in [6.07, 6.45) is 6.00. The minimum Gasteiger partial charge on any atom is -0.359 e. The Morgan fingerprint density at radius 2 is 2.00 bits per heavy atom. The molecule has 1 saturated carbocycles. The van der Waals surface area contributed by atoms with E-state index in [-0.39, 0.29) is 11.9 Å². The Morgan fingerprint density at radius 3 is 2.78 bits per heavy atom. The fourth-order valence-electron chi connectivity index (χ4n) is 4.08. The Labute approximate surface area is 163 Å². The maximum Gasteiger partial charge on any atom is 0.237 e. The largest absolute Gasteiger partial charge is 0.359 e. The topological polar surface area (TPSA) is 81.0 Å². The van der Waals surface area contributed by atoms with Gasteiger partial charge in [0.1, 0.15) is 6.04 Å². The van der Waals surface area contributed by atoms with E-state index in [2.05, 4.69) is 27.8 Å². The first-order valence-electron chi connectivity index (χ1n) is 9.77. The highest BCUT2D eigenvalue weighted by Gasteiger charge is 2.29. The molecule has 0 unspecified atom stereocenters. The van der Waals surface area contributed by atoms with Crippen molar-refractivity contribution in [2.75, 3.05) is 18.4 Å². The maximum atomic E-state index is 12.3. The molecule has 2 aliphatic rings. The highest BCUT2D eigenvalue weighted by Crippen LogP contribution is 2.28. The van der Waals surface area contributed by atoms with E-state index in [1.165, 1.54) is 4.70 Å². The summed E-state index contributed by atoms with van der Waals surface area (Å²) in [5, 5.41) is 17.1. The third-order valence-corrected chi connectivity index (χ3v) is 6.58. The summed E-state index contributed by atoms with van der Waals surface area (Å²) < 4.78 is 1.21. The van der Waals surface area contributed by atoms with Crippen LogP contribution in [0.5, 0.6) is 0 Å². The zero-order valence-electron chi connectivity index (χ0n) is 15.4. The van der Waals surface area contributed by atoms with Gasteiger partial charge in [0.15, 0.2) is 5.13 Å². The van der Waals surface area contributed by atoms with Crippen molar-refractivity contribution in [3.05, 3.63) is 24.3 Å². The molecule has 27 heavy (non-hydrogen) atoms. The average molecular weight is 384 g/mol. The van der Waals surface area contributed by atoms with Gasteiger partial charge in [-0.15, -0.1) is 0 Å². The van der Waals surface area contributed by atoms with Gasteiger partial charge in [0.05, 0.1) is 22.8 Å². The molecule has 0 spiro atoms. The van der Waals surface area contributed by atoms with Crippen LogP contribution in [0.1, 0.15) is 38.5 Å². The summed E-state index contributed by atoms with van der Waals surface area (Å²) in [6, 6.07) is 11.0. The molecule has 1 saturated heterocycles. The number of nitrogens with one attached hydrogen (secondary N) is 2. The summed E-state index contributed by atoms with van der Waals surface area (Å²) in [5.74, 6) is 0.0637. The quantitative estimate of drug-likeness (QED) is 0.829. The zero-order valence-corrected chi connectivity index (χ0v) is 16.2. The number of nitrogens with zero attached hydrogens (tertiary/aromatic N) is 3. The van der Waals surface area contributed by atoms with Crippen molar-refractivity contribution in [2.24, 2.45) is 0 Å². The van der Waals surface area contributed by atoms with Gasteiger partial charge in [0, 0.05) is 18.6 Å². The summed E-state index contributed by atoms with van der Waals surface area (Å²) in [4.78, 5) is 18.7. The van der Waals surface area contributed by atoms with Gasteiger partial charge in [-0.2, -0.15) is 5.26 Å². The molecular weight excluding hydrogens is 358 g/mol. The molecule has 1 aliphatic heterocycles. The van der Waals surface area contributed by atoms with Crippen LogP contribution in [0.25, 0.3) is 10.2 Å². The van der Waals surface area contributed by atoms with Crippen molar-refractivity contribution in [1.82, 2.24) is 15.2 Å². The molecule has 1 aromatic heterocycles. The number of thiazole rings is 1. The number of anilines is 1. The molecule has 0 bridgehead atoms. The monoisotopic (exact) mass is 383 g/mol. The number of amides is 1. The molecular formula is C20H25N5OS. The van der Waals surface area contributed by atoms with Crippen molar-refractivity contribution in [1.29, 1.82) is 5.26 Å². The normalized spacial score (nSPS) is 25.4. The van der Waals surface area contributed by atoms with Crippen molar-refractivity contribution in [2.45, 2.75) is 56.7 Å². The SMILES string of the molecule is N#C[C@@H]1CCCN1C(=O)CNC1CCC(Nc2nc3ccccc3s2)CC1. The molecule has 4 rings (SSSR count). The summed E-state index contributed by atoms with van der Waals surface area (Å²) in [7, 11) is 0. The Hall–Kier alpha value is -2.17. The van der Waals surface area contributed by atoms with E-state index >= 15 is 0 Å². The molecule has 142 valence electrons. The van der Waals surface area contributed by atoms with Gasteiger partial charge in [-0.1, -0.05) is 23.5 Å². The molecule has 2 fully saturated rings. The van der Waals surface area contributed by atoms with Crippen LogP contribution in [0.4, 0.5) is 5.13 Å². The van der Waals surface area contributed by atoms with E-state index in [0.717, 1.165) is 55.7 Å². The molecule has 2 heterocycles. The van der Waals surface area contributed by atoms with Gasteiger partial charge in [-0.25, -0.2) is 4.98 Å². The van der Waals surface area contributed by atoms with Crippen LogP contribution in [0.3, 0.4) is 0 Å². The number of benzene rings is 1. The first-order valence-corrected chi connectivity index (χ1v) is 10.6. The fraction of sp³-hybridized carbons (Fsp3) is 0.550. The number of para-hydroxylation sites is 1. The molecule has 6 nitrogen and oxygen atoms in total. The van der Waals surface area contributed by atoms with Crippen LogP contribution >= 0.6 is 11.3 Å². The van der Waals surface area contributed by atoms with Crippen LogP contribution in [-0.2, 0) is 4.79 Å². The number of nitriles is 1. The number of aromatic nitrogens is 1. The second kappa shape index (κ2) is 8.24. The third kappa shape index (κ3) is 4.23. The minimum atomic E-state index is -0.229. The number of rotatable bonds is 5. The third-order valence-electron chi connectivity index (χ3n) is 5.61. The Balaban J connectivity index is 1.22. The van der Waals surface area contributed by atoms with Gasteiger partial charge in [-0.05, 0) is 50.7 Å². The van der Waals surface area contributed by atoms with E-state index in [1.807, 2.05) is 18.2 Å². The fourth-order valence-corrected chi connectivity index (χ4v) is 5.03. The Kier molecular flexibility index (Phi) is 5.55. The summed E-state index contributed by atoms with van der Waals surface area (Å²) >= 11 is 1.71. The van der Waals surface area contributed by atoms with Crippen LogP contribution in [-0.4, -0.2) is 47.0 Å².